The van der Waals surface area contributed by atoms with Gasteiger partial charge in [0.05, 0.1) is 0 Å². The summed E-state index contributed by atoms with van der Waals surface area (Å²) in [4.78, 5) is 14.8. The van der Waals surface area contributed by atoms with Crippen LogP contribution in [0.5, 0.6) is 0 Å². The van der Waals surface area contributed by atoms with Crippen molar-refractivity contribution in [2.24, 2.45) is 5.73 Å². The van der Waals surface area contributed by atoms with Gasteiger partial charge in [-0.1, -0.05) is 0 Å². The van der Waals surface area contributed by atoms with Crippen LogP contribution >= 0.6 is 0 Å². The summed E-state index contributed by atoms with van der Waals surface area (Å²) in [7, 11) is 0. The number of terminal acetylenes is 1. The molecule has 0 aliphatic rings. The average Bonchev–Trinajstić information content (AvgIpc) is 1.96. The molecule has 4 nitrogen and oxygen atoms in total. The van der Waals surface area contributed by atoms with Crippen molar-refractivity contribution in [3.05, 3.63) is 0 Å². The summed E-state index contributed by atoms with van der Waals surface area (Å²) >= 11 is 0. The van der Waals surface area contributed by atoms with Crippen LogP contribution < -0.4 is 11.2 Å². The average molecular weight is 156 g/mol. The first-order chi connectivity index (χ1) is 5.27. The number of carbonyl (C=O) groups is 1. The molecule has 0 rings (SSSR count). The molecule has 0 saturated heterocycles. The first-order valence-electron chi connectivity index (χ1n) is 3.33. The first kappa shape index (κ1) is 9.95. The minimum absolute atomic E-state index is 0.101. The molecule has 4 heteroatoms. The quantitative estimate of drug-likeness (QED) is 0.307. The monoisotopic (exact) mass is 156 g/mol. The molecule has 0 aliphatic heterocycles. The number of primary amides is 1. The van der Waals surface area contributed by atoms with Gasteiger partial charge in [-0.05, 0) is 6.42 Å². The molecule has 0 spiro atoms. The molecule has 1 amide bonds. The summed E-state index contributed by atoms with van der Waals surface area (Å²) in [6, 6.07) is 0. The highest BCUT2D eigenvalue weighted by molar-refractivity contribution is 5.74. The highest BCUT2D eigenvalue weighted by Crippen LogP contribution is 1.81. The number of hydroxylamine groups is 1. The number of nitrogens with two attached hydrogens (primary N) is 1. The van der Waals surface area contributed by atoms with E-state index in [2.05, 4.69) is 16.2 Å². The molecule has 0 heterocycles. The van der Waals surface area contributed by atoms with Crippen LogP contribution in [0.4, 0.5) is 0 Å². The second kappa shape index (κ2) is 7.06. The summed E-state index contributed by atoms with van der Waals surface area (Å²) in [5, 5.41) is 0. The summed E-state index contributed by atoms with van der Waals surface area (Å²) < 4.78 is 0. The summed E-state index contributed by atoms with van der Waals surface area (Å²) in [6.07, 6.45) is 6.53. The number of rotatable bonds is 6. The van der Waals surface area contributed by atoms with Crippen LogP contribution in [0.3, 0.4) is 0 Å². The lowest BCUT2D eigenvalue weighted by molar-refractivity contribution is -0.125. The molecule has 0 aromatic heterocycles. The second-order valence-corrected chi connectivity index (χ2v) is 1.96. The standard InChI is InChI=1S/C7H12N2O2/c1-2-3-4-5-9-11-6-7(8)10/h1,9H,3-6H2,(H2,8,10). The molecule has 0 unspecified atom stereocenters. The van der Waals surface area contributed by atoms with Gasteiger partial charge < -0.3 is 5.73 Å². The van der Waals surface area contributed by atoms with Crippen LogP contribution in [0.2, 0.25) is 0 Å². The number of hydrogen-bond donors (Lipinski definition) is 2. The third-order valence-electron chi connectivity index (χ3n) is 0.916. The molecule has 62 valence electrons. The van der Waals surface area contributed by atoms with Gasteiger partial charge >= 0.3 is 0 Å². The molecule has 0 saturated carbocycles. The van der Waals surface area contributed by atoms with Gasteiger partial charge in [0.1, 0.15) is 6.61 Å². The van der Waals surface area contributed by atoms with Crippen molar-refractivity contribution >= 4 is 5.91 Å². The largest absolute Gasteiger partial charge is 0.368 e. The minimum Gasteiger partial charge on any atom is -0.368 e. The van der Waals surface area contributed by atoms with Crippen molar-refractivity contribution in [1.82, 2.24) is 5.48 Å². The predicted molar refractivity (Wildman–Crippen MR) is 41.2 cm³/mol. The van der Waals surface area contributed by atoms with Gasteiger partial charge in [-0.2, -0.15) is 0 Å². The van der Waals surface area contributed by atoms with Crippen LogP contribution in [-0.4, -0.2) is 19.1 Å². The van der Waals surface area contributed by atoms with Crippen molar-refractivity contribution in [2.45, 2.75) is 12.8 Å². The Hall–Kier alpha value is -1.05. The van der Waals surface area contributed by atoms with Crippen LogP contribution in [-0.2, 0) is 9.63 Å². The molecular formula is C7H12N2O2. The number of amides is 1. The minimum atomic E-state index is -0.491. The van der Waals surface area contributed by atoms with Gasteiger partial charge in [0.25, 0.3) is 0 Å². The molecule has 0 radical (unpaired) electrons. The summed E-state index contributed by atoms with van der Waals surface area (Å²) in [5.74, 6) is 1.99. The van der Waals surface area contributed by atoms with Gasteiger partial charge in [0.15, 0.2) is 0 Å². The van der Waals surface area contributed by atoms with Crippen molar-refractivity contribution in [2.75, 3.05) is 13.2 Å². The second-order valence-electron chi connectivity index (χ2n) is 1.96. The van der Waals surface area contributed by atoms with Gasteiger partial charge in [-0.15, -0.1) is 12.3 Å². The summed E-state index contributed by atoms with van der Waals surface area (Å²) in [5.41, 5.74) is 7.35. The fourth-order valence-corrected chi connectivity index (χ4v) is 0.457. The lowest BCUT2D eigenvalue weighted by Gasteiger charge is -2.00. The van der Waals surface area contributed by atoms with E-state index in [0.717, 1.165) is 6.42 Å². The van der Waals surface area contributed by atoms with E-state index in [4.69, 9.17) is 12.2 Å². The first-order valence-corrected chi connectivity index (χ1v) is 3.33. The molecule has 3 N–H and O–H groups in total. The molecular weight excluding hydrogens is 144 g/mol. The molecule has 0 atom stereocenters. The number of unbranched alkanes of at least 4 members (excludes halogenated alkanes) is 1. The normalized spacial score (nSPS) is 9.00. The van der Waals surface area contributed by atoms with E-state index in [1.807, 2.05) is 0 Å². The van der Waals surface area contributed by atoms with Crippen molar-refractivity contribution in [3.8, 4) is 12.3 Å². The lowest BCUT2D eigenvalue weighted by atomic mass is 10.3. The van der Waals surface area contributed by atoms with Crippen molar-refractivity contribution in [1.29, 1.82) is 0 Å². The number of hydrogen-bond acceptors (Lipinski definition) is 3. The zero-order valence-electron chi connectivity index (χ0n) is 6.30. The van der Waals surface area contributed by atoms with Crippen LogP contribution in [0.1, 0.15) is 12.8 Å². The van der Waals surface area contributed by atoms with E-state index >= 15 is 0 Å². The fraction of sp³-hybridized carbons (Fsp3) is 0.571. The smallest absolute Gasteiger partial charge is 0.245 e. The zero-order valence-corrected chi connectivity index (χ0v) is 6.30. The van der Waals surface area contributed by atoms with E-state index in [9.17, 15) is 4.79 Å². The fourth-order valence-electron chi connectivity index (χ4n) is 0.457. The van der Waals surface area contributed by atoms with E-state index in [1.165, 1.54) is 0 Å². The van der Waals surface area contributed by atoms with Crippen LogP contribution in [0, 0.1) is 12.3 Å². The molecule has 0 aromatic rings. The van der Waals surface area contributed by atoms with E-state index in [-0.39, 0.29) is 6.61 Å². The summed E-state index contributed by atoms with van der Waals surface area (Å²) in [6.45, 7) is 0.535. The van der Waals surface area contributed by atoms with E-state index < -0.39 is 5.91 Å². The topological polar surface area (TPSA) is 64.3 Å². The van der Waals surface area contributed by atoms with Gasteiger partial charge in [-0.3, -0.25) is 9.63 Å². The Morgan fingerprint density at radius 1 is 1.73 bits per heavy atom. The zero-order chi connectivity index (χ0) is 8.53. The Labute approximate surface area is 66.0 Å². The van der Waals surface area contributed by atoms with Gasteiger partial charge in [0.2, 0.25) is 5.91 Å². The Morgan fingerprint density at radius 2 is 2.45 bits per heavy atom. The van der Waals surface area contributed by atoms with Crippen LogP contribution in [0.15, 0.2) is 0 Å². The third kappa shape index (κ3) is 8.95. The maximum atomic E-state index is 10.1. The third-order valence-corrected chi connectivity index (χ3v) is 0.916. The maximum Gasteiger partial charge on any atom is 0.245 e. The van der Waals surface area contributed by atoms with Gasteiger partial charge in [-0.25, -0.2) is 5.48 Å². The Balaban J connectivity index is 2.92. The molecule has 0 bridgehead atoms. The predicted octanol–water partition coefficient (Wildman–Crippen LogP) is -0.594. The number of nitrogens with one attached hydrogen (secondary N) is 1. The van der Waals surface area contributed by atoms with Gasteiger partial charge in [0, 0.05) is 13.0 Å². The lowest BCUT2D eigenvalue weighted by Crippen LogP contribution is -2.25. The Kier molecular flexibility index (Phi) is 6.39. The molecule has 0 aliphatic carbocycles. The highest BCUT2D eigenvalue weighted by atomic mass is 16.6. The molecule has 11 heavy (non-hydrogen) atoms. The van der Waals surface area contributed by atoms with Crippen molar-refractivity contribution < 1.29 is 9.63 Å². The number of carbonyl (C=O) groups excluding carboxylic acids is 1. The SMILES string of the molecule is C#CCCCNOCC(N)=O. The van der Waals surface area contributed by atoms with E-state index in [0.29, 0.717) is 13.0 Å². The molecule has 0 aromatic carbocycles. The highest BCUT2D eigenvalue weighted by Gasteiger charge is 1.91. The Bertz CT molecular complexity index is 151. The van der Waals surface area contributed by atoms with Crippen molar-refractivity contribution in [3.63, 3.8) is 0 Å². The Morgan fingerprint density at radius 3 is 3.00 bits per heavy atom. The molecule has 0 fully saturated rings. The van der Waals surface area contributed by atoms with Crippen LogP contribution in [0.25, 0.3) is 0 Å². The maximum absolute atomic E-state index is 10.1. The van der Waals surface area contributed by atoms with E-state index in [1.54, 1.807) is 0 Å².